The van der Waals surface area contributed by atoms with Crippen molar-refractivity contribution >= 4 is 0 Å². The number of rotatable bonds is 0. The van der Waals surface area contributed by atoms with Crippen LogP contribution >= 0.6 is 0 Å². The van der Waals surface area contributed by atoms with Crippen molar-refractivity contribution in [3.8, 4) is 0 Å². The van der Waals surface area contributed by atoms with Crippen LogP contribution in [0.5, 0.6) is 0 Å². The van der Waals surface area contributed by atoms with Gasteiger partial charge >= 0.3 is 0 Å². The molecule has 0 radical (unpaired) electrons. The molecule has 0 saturated heterocycles. The van der Waals surface area contributed by atoms with Crippen LogP contribution in [0.3, 0.4) is 0 Å². The minimum absolute atomic E-state index is 0.0741. The predicted molar refractivity (Wildman–Crippen MR) is 30.6 cm³/mol. The van der Waals surface area contributed by atoms with Crippen molar-refractivity contribution in [2.45, 2.75) is 31.6 Å². The van der Waals surface area contributed by atoms with E-state index in [9.17, 15) is 8.78 Å². The predicted octanol–water partition coefficient (Wildman–Crippen LogP) is 2.09. The van der Waals surface area contributed by atoms with Crippen molar-refractivity contribution < 1.29 is 8.78 Å². The molecule has 2 heteroatoms. The van der Waals surface area contributed by atoms with Gasteiger partial charge in [-0.25, -0.2) is 8.78 Å². The van der Waals surface area contributed by atoms with Crippen LogP contribution in [0.25, 0.3) is 0 Å². The lowest BCUT2D eigenvalue weighted by molar-refractivity contribution is 0.157. The van der Waals surface area contributed by atoms with Crippen molar-refractivity contribution in [3.05, 3.63) is 0 Å². The molecular weight excluding hydrogens is 122 g/mol. The van der Waals surface area contributed by atoms with Crippen LogP contribution in [0.1, 0.15) is 19.3 Å². The van der Waals surface area contributed by atoms with Gasteiger partial charge in [0.25, 0.3) is 0 Å². The molecule has 0 aromatic rings. The van der Waals surface area contributed by atoms with Gasteiger partial charge in [-0.1, -0.05) is 0 Å². The normalized spacial score (nSPS) is 56.7. The topological polar surface area (TPSA) is 0 Å². The third-order valence-corrected chi connectivity index (χ3v) is 2.68. The van der Waals surface area contributed by atoms with E-state index in [0.29, 0.717) is 12.8 Å². The SMILES string of the molecule is F[C@H]1C[C@H]2C[C@@H]1C[C@@H]2F. The summed E-state index contributed by atoms with van der Waals surface area (Å²) in [6.45, 7) is 0. The Hall–Kier alpha value is -0.140. The van der Waals surface area contributed by atoms with Gasteiger partial charge in [-0.15, -0.1) is 0 Å². The van der Waals surface area contributed by atoms with Gasteiger partial charge in [0.2, 0.25) is 0 Å². The molecule has 0 amide bonds. The molecule has 4 atom stereocenters. The summed E-state index contributed by atoms with van der Waals surface area (Å²) in [4.78, 5) is 0. The minimum Gasteiger partial charge on any atom is -0.247 e. The molecular formula is C7H10F2. The largest absolute Gasteiger partial charge is 0.247 e. The zero-order valence-electron chi connectivity index (χ0n) is 5.19. The summed E-state index contributed by atoms with van der Waals surface area (Å²) in [6.07, 6.45) is 0.434. The molecule has 0 aliphatic heterocycles. The van der Waals surface area contributed by atoms with Gasteiger partial charge in [0.05, 0.1) is 0 Å². The molecule has 0 aromatic heterocycles. The lowest BCUT2D eigenvalue weighted by Gasteiger charge is -2.16. The van der Waals surface area contributed by atoms with E-state index in [1.165, 1.54) is 0 Å². The van der Waals surface area contributed by atoms with Crippen LogP contribution in [0.2, 0.25) is 0 Å². The highest BCUT2D eigenvalue weighted by Crippen LogP contribution is 2.47. The third-order valence-electron chi connectivity index (χ3n) is 2.68. The second-order valence-corrected chi connectivity index (χ2v) is 3.26. The summed E-state index contributed by atoms with van der Waals surface area (Å²) in [5.74, 6) is 0.148. The highest BCUT2D eigenvalue weighted by molar-refractivity contribution is 4.95. The van der Waals surface area contributed by atoms with Gasteiger partial charge in [-0.3, -0.25) is 0 Å². The van der Waals surface area contributed by atoms with Crippen molar-refractivity contribution in [3.63, 3.8) is 0 Å². The molecule has 2 fully saturated rings. The van der Waals surface area contributed by atoms with E-state index < -0.39 is 12.3 Å². The Morgan fingerprint density at radius 3 is 1.44 bits per heavy atom. The zero-order chi connectivity index (χ0) is 6.43. The molecule has 2 rings (SSSR count). The maximum atomic E-state index is 12.6. The van der Waals surface area contributed by atoms with Gasteiger partial charge in [0.15, 0.2) is 0 Å². The van der Waals surface area contributed by atoms with Crippen molar-refractivity contribution in [1.29, 1.82) is 0 Å². The highest BCUT2D eigenvalue weighted by Gasteiger charge is 2.46. The third kappa shape index (κ3) is 0.684. The van der Waals surface area contributed by atoms with E-state index >= 15 is 0 Å². The van der Waals surface area contributed by atoms with Crippen LogP contribution < -0.4 is 0 Å². The van der Waals surface area contributed by atoms with Crippen LogP contribution in [0.15, 0.2) is 0 Å². The van der Waals surface area contributed by atoms with Gasteiger partial charge in [-0.05, 0) is 31.1 Å². The Bertz CT molecular complexity index is 106. The summed E-state index contributed by atoms with van der Waals surface area (Å²) < 4.78 is 25.3. The standard InChI is InChI=1S/C7H10F2/c8-6-2-4-1-5(6)3-7(4)9/h4-7H,1-3H2/t4-,5-,6+,7+/m1/s1. The first-order valence-corrected chi connectivity index (χ1v) is 3.55. The van der Waals surface area contributed by atoms with E-state index in [1.54, 1.807) is 0 Å². The molecule has 9 heavy (non-hydrogen) atoms. The van der Waals surface area contributed by atoms with Crippen LogP contribution in [0.4, 0.5) is 8.78 Å². The molecule has 2 saturated carbocycles. The number of hydrogen-bond acceptors (Lipinski definition) is 0. The monoisotopic (exact) mass is 132 g/mol. The van der Waals surface area contributed by atoms with Crippen LogP contribution in [-0.2, 0) is 0 Å². The number of alkyl halides is 2. The molecule has 2 aliphatic carbocycles. The van der Waals surface area contributed by atoms with Gasteiger partial charge in [-0.2, -0.15) is 0 Å². The van der Waals surface area contributed by atoms with Crippen molar-refractivity contribution in [1.82, 2.24) is 0 Å². The van der Waals surface area contributed by atoms with E-state index in [-0.39, 0.29) is 11.8 Å². The van der Waals surface area contributed by atoms with Crippen LogP contribution in [-0.4, -0.2) is 12.3 Å². The van der Waals surface area contributed by atoms with E-state index in [0.717, 1.165) is 6.42 Å². The number of fused-ring (bicyclic) bond motifs is 2. The summed E-state index contributed by atoms with van der Waals surface area (Å²) >= 11 is 0. The lowest BCUT2D eigenvalue weighted by atomic mass is 9.97. The first-order chi connectivity index (χ1) is 4.27. The Morgan fingerprint density at radius 1 is 0.778 bits per heavy atom. The lowest BCUT2D eigenvalue weighted by Crippen LogP contribution is -2.18. The molecule has 0 nitrogen and oxygen atoms in total. The Morgan fingerprint density at radius 2 is 1.22 bits per heavy atom. The van der Waals surface area contributed by atoms with E-state index in [1.807, 2.05) is 0 Å². The average Bonchev–Trinajstić information content (AvgIpc) is 2.24. The highest BCUT2D eigenvalue weighted by atomic mass is 19.1. The molecule has 0 heterocycles. The van der Waals surface area contributed by atoms with E-state index in [2.05, 4.69) is 0 Å². The first-order valence-electron chi connectivity index (χ1n) is 3.55. The summed E-state index contributed by atoms with van der Waals surface area (Å²) in [6, 6.07) is 0. The van der Waals surface area contributed by atoms with Crippen LogP contribution in [0, 0.1) is 11.8 Å². The summed E-state index contributed by atoms with van der Waals surface area (Å²) in [7, 11) is 0. The minimum atomic E-state index is -0.679. The second-order valence-electron chi connectivity index (χ2n) is 3.26. The molecule has 0 unspecified atom stereocenters. The van der Waals surface area contributed by atoms with Gasteiger partial charge < -0.3 is 0 Å². The molecule has 52 valence electrons. The molecule has 0 spiro atoms. The number of hydrogen-bond donors (Lipinski definition) is 0. The van der Waals surface area contributed by atoms with E-state index in [4.69, 9.17) is 0 Å². The zero-order valence-corrected chi connectivity index (χ0v) is 5.19. The summed E-state index contributed by atoms with van der Waals surface area (Å²) in [5.41, 5.74) is 0. The number of halogens is 2. The maximum Gasteiger partial charge on any atom is 0.103 e. The fourth-order valence-corrected chi connectivity index (χ4v) is 2.14. The molecule has 2 bridgehead atoms. The first kappa shape index (κ1) is 5.63. The van der Waals surface area contributed by atoms with Crippen molar-refractivity contribution in [2.24, 2.45) is 11.8 Å². The second kappa shape index (κ2) is 1.68. The molecule has 0 aromatic carbocycles. The van der Waals surface area contributed by atoms with Crippen molar-refractivity contribution in [2.75, 3.05) is 0 Å². The Labute approximate surface area is 53.2 Å². The molecule has 2 aliphatic rings. The average molecular weight is 132 g/mol. The van der Waals surface area contributed by atoms with Gasteiger partial charge in [0, 0.05) is 0 Å². The fourth-order valence-electron chi connectivity index (χ4n) is 2.14. The summed E-state index contributed by atoms with van der Waals surface area (Å²) in [5, 5.41) is 0. The Balaban J connectivity index is 2.10. The Kier molecular flexibility index (Phi) is 1.05. The fraction of sp³-hybridized carbons (Fsp3) is 1.00. The maximum absolute atomic E-state index is 12.6. The quantitative estimate of drug-likeness (QED) is 0.473. The molecule has 0 N–H and O–H groups in total. The van der Waals surface area contributed by atoms with Gasteiger partial charge in [0.1, 0.15) is 12.3 Å². The smallest absolute Gasteiger partial charge is 0.103 e.